The molecule has 1 aliphatic heterocycles. The minimum absolute atomic E-state index is 0. The molecule has 4 nitrogen and oxygen atoms in total. The summed E-state index contributed by atoms with van der Waals surface area (Å²) >= 11 is 0. The molecule has 1 saturated heterocycles. The number of nitrogens with zero attached hydrogens (tertiary/aromatic N) is 2. The average Bonchev–Trinajstić information content (AvgIpc) is 2.58. The van der Waals surface area contributed by atoms with Gasteiger partial charge in [0.1, 0.15) is 0 Å². The van der Waals surface area contributed by atoms with Crippen molar-refractivity contribution in [3.8, 4) is 0 Å². The Morgan fingerprint density at radius 1 is 1.10 bits per heavy atom. The van der Waals surface area contributed by atoms with Crippen LogP contribution in [-0.4, -0.2) is 28.5 Å². The zero-order valence-corrected chi connectivity index (χ0v) is 15.0. The number of aromatic nitrogens is 2. The molecule has 0 bridgehead atoms. The fourth-order valence-corrected chi connectivity index (χ4v) is 2.09. The molecule has 0 saturated carbocycles. The van der Waals surface area contributed by atoms with Crippen LogP contribution in [0.2, 0.25) is 0 Å². The van der Waals surface area contributed by atoms with E-state index in [-0.39, 0.29) is 51.0 Å². The molecule has 0 atom stereocenters. The summed E-state index contributed by atoms with van der Waals surface area (Å²) in [7, 11) is -0.345. The van der Waals surface area contributed by atoms with Crippen LogP contribution in [-0.2, 0) is 42.0 Å². The van der Waals surface area contributed by atoms with Gasteiger partial charge in [-0.25, -0.2) is 5.10 Å². The summed E-state index contributed by atoms with van der Waals surface area (Å²) in [5, 5.41) is 9.53. The normalized spacial score (nSPS) is 19.9. The first-order chi connectivity index (χ1) is 8.89. The van der Waals surface area contributed by atoms with E-state index in [1.807, 2.05) is 45.9 Å². The minimum Gasteiger partial charge on any atom is -0.399 e. The van der Waals surface area contributed by atoms with Crippen molar-refractivity contribution in [1.29, 1.82) is 0 Å². The minimum atomic E-state index is -0.345. The van der Waals surface area contributed by atoms with Gasteiger partial charge in [0.05, 0.1) is 11.2 Å². The molecule has 1 aliphatic rings. The fourth-order valence-electron chi connectivity index (χ4n) is 2.09. The van der Waals surface area contributed by atoms with E-state index in [4.69, 9.17) is 9.31 Å². The molecule has 101 valence electrons. The molecule has 0 aliphatic carbocycles. The van der Waals surface area contributed by atoms with Gasteiger partial charge in [-0.2, -0.15) is 16.6 Å². The van der Waals surface area contributed by atoms with Gasteiger partial charge in [0.2, 0.25) is 0 Å². The van der Waals surface area contributed by atoms with E-state index in [2.05, 4.69) is 16.4 Å². The van der Waals surface area contributed by atoms with Gasteiger partial charge >= 0.3 is 7.12 Å². The van der Waals surface area contributed by atoms with Gasteiger partial charge in [0.25, 0.3) is 0 Å². The third-order valence-electron chi connectivity index (χ3n) is 4.03. The monoisotopic (exact) mass is 344 g/mol. The first-order valence-electron chi connectivity index (χ1n) is 6.38. The maximum absolute atomic E-state index is 6.03. The molecule has 0 unspecified atom stereocenters. The molecule has 1 fully saturated rings. The molecule has 0 N–H and O–H groups in total. The molecule has 0 spiro atoms. The van der Waals surface area contributed by atoms with E-state index in [1.54, 1.807) is 6.20 Å². The third-order valence-corrected chi connectivity index (χ3v) is 4.03. The molecule has 20 heavy (non-hydrogen) atoms. The van der Waals surface area contributed by atoms with Crippen LogP contribution in [0.4, 0.5) is 0 Å². The Kier molecular flexibility index (Phi) is 4.37. The van der Waals surface area contributed by atoms with Gasteiger partial charge in [-0.15, -0.1) is 17.5 Å². The zero-order valence-electron chi connectivity index (χ0n) is 12.2. The van der Waals surface area contributed by atoms with E-state index in [0.717, 1.165) is 16.2 Å². The summed E-state index contributed by atoms with van der Waals surface area (Å²) < 4.78 is 12.1. The maximum Gasteiger partial charge on any atom is 0.492 e. The van der Waals surface area contributed by atoms with E-state index >= 15 is 0 Å². The van der Waals surface area contributed by atoms with Gasteiger partial charge < -0.3 is 9.31 Å². The second-order valence-corrected chi connectivity index (χ2v) is 5.89. The number of hydrogen-bond acceptors (Lipinski definition) is 4. The van der Waals surface area contributed by atoms with Crippen molar-refractivity contribution in [2.75, 3.05) is 0 Å². The molecular formula is C14H16BN2O2Y-. The number of hydrogen-bond donors (Lipinski definition) is 0. The van der Waals surface area contributed by atoms with Gasteiger partial charge in [0, 0.05) is 38.9 Å². The van der Waals surface area contributed by atoms with Crippen molar-refractivity contribution in [3.63, 3.8) is 0 Å². The molecule has 3 rings (SSSR count). The summed E-state index contributed by atoms with van der Waals surface area (Å²) in [5.74, 6) is 0. The maximum atomic E-state index is 6.03. The Bertz CT molecular complexity index is 617. The quantitative estimate of drug-likeness (QED) is 0.584. The topological polar surface area (TPSA) is 44.2 Å². The predicted molar refractivity (Wildman–Crippen MR) is 74.1 cm³/mol. The summed E-state index contributed by atoms with van der Waals surface area (Å²) in [6, 6.07) is 5.97. The van der Waals surface area contributed by atoms with Crippen LogP contribution in [0.15, 0.2) is 24.4 Å². The number of benzene rings is 1. The van der Waals surface area contributed by atoms with Crippen LogP contribution in [0.5, 0.6) is 0 Å². The summed E-state index contributed by atoms with van der Waals surface area (Å²) in [4.78, 5) is 0. The fraction of sp³-hybridized carbons (Fsp3) is 0.429. The second kappa shape index (κ2) is 5.45. The largest absolute Gasteiger partial charge is 0.492 e. The van der Waals surface area contributed by atoms with E-state index in [9.17, 15) is 0 Å². The van der Waals surface area contributed by atoms with Crippen LogP contribution in [0.3, 0.4) is 0 Å². The number of rotatable bonds is 1. The standard InChI is InChI=1S/C14H16BN2O2.Y/c1-13(2)14(3,4)19-15(18-13)12-6-5-10-8-16-17-9-11(10)7-12;/h5-7,9H,1-4H3;/q-1;. The van der Waals surface area contributed by atoms with Crippen LogP contribution in [0.1, 0.15) is 27.7 Å². The van der Waals surface area contributed by atoms with Gasteiger partial charge in [0.15, 0.2) is 0 Å². The van der Waals surface area contributed by atoms with Crippen molar-refractivity contribution in [2.45, 2.75) is 38.9 Å². The van der Waals surface area contributed by atoms with Crippen molar-refractivity contribution in [3.05, 3.63) is 30.6 Å². The van der Waals surface area contributed by atoms with Crippen LogP contribution < -0.4 is 5.46 Å². The Balaban J connectivity index is 0.00000147. The first-order valence-corrected chi connectivity index (χ1v) is 6.38. The van der Waals surface area contributed by atoms with E-state index in [1.165, 1.54) is 0 Å². The molecule has 1 aromatic heterocycles. The Hall–Kier alpha value is -0.351. The summed E-state index contributed by atoms with van der Waals surface area (Å²) in [5.41, 5.74) is 0.345. The van der Waals surface area contributed by atoms with Gasteiger partial charge in [-0.05, 0) is 39.4 Å². The second-order valence-electron chi connectivity index (χ2n) is 5.89. The Labute approximate surface area is 144 Å². The molecule has 1 aromatic carbocycles. The van der Waals surface area contributed by atoms with Crippen LogP contribution in [0, 0.1) is 6.20 Å². The third kappa shape index (κ3) is 2.69. The van der Waals surface area contributed by atoms with Gasteiger partial charge in [-0.1, -0.05) is 0 Å². The SMILES string of the molecule is CC1(C)OB(c2ccc3[c-]nncc3c2)OC1(C)C.[Y]. The summed E-state index contributed by atoms with van der Waals surface area (Å²) in [6.45, 7) is 8.20. The Morgan fingerprint density at radius 3 is 2.40 bits per heavy atom. The molecular weight excluding hydrogens is 328 g/mol. The van der Waals surface area contributed by atoms with Crippen molar-refractivity contribution in [2.24, 2.45) is 0 Å². The van der Waals surface area contributed by atoms with Crippen molar-refractivity contribution >= 4 is 23.4 Å². The molecule has 6 heteroatoms. The summed E-state index contributed by atoms with van der Waals surface area (Å²) in [6.07, 6.45) is 4.58. The van der Waals surface area contributed by atoms with Crippen LogP contribution in [0.25, 0.3) is 10.8 Å². The van der Waals surface area contributed by atoms with Gasteiger partial charge in [-0.3, -0.25) is 0 Å². The smallest absolute Gasteiger partial charge is 0.399 e. The zero-order chi connectivity index (χ0) is 13.7. The van der Waals surface area contributed by atoms with E-state index in [0.29, 0.717) is 0 Å². The van der Waals surface area contributed by atoms with Crippen molar-refractivity contribution < 1.29 is 42.0 Å². The average molecular weight is 344 g/mol. The molecule has 1 radical (unpaired) electrons. The van der Waals surface area contributed by atoms with Crippen molar-refractivity contribution in [1.82, 2.24) is 10.2 Å². The number of fused-ring (bicyclic) bond motifs is 1. The molecule has 2 heterocycles. The van der Waals surface area contributed by atoms with Crippen LogP contribution >= 0.6 is 0 Å². The Morgan fingerprint density at radius 2 is 1.75 bits per heavy atom. The first kappa shape index (κ1) is 16.0. The predicted octanol–water partition coefficient (Wildman–Crippen LogP) is 1.73. The molecule has 2 aromatic rings. The molecule has 0 amide bonds. The van der Waals surface area contributed by atoms with E-state index < -0.39 is 0 Å².